The minimum absolute atomic E-state index is 0.177. The number of carbonyl (C=O) groups excluding carboxylic acids is 1. The molecule has 0 spiro atoms. The van der Waals surface area contributed by atoms with Crippen molar-refractivity contribution < 1.29 is 14.3 Å². The molecule has 1 aliphatic rings. The molecule has 0 radical (unpaired) electrons. The molecule has 146 valence electrons. The van der Waals surface area contributed by atoms with Crippen LogP contribution in [-0.2, 0) is 4.74 Å². The largest absolute Gasteiger partial charge is 0.481 e. The third kappa shape index (κ3) is 4.93. The minimum atomic E-state index is -0.476. The van der Waals surface area contributed by atoms with E-state index in [2.05, 4.69) is 14.9 Å². The van der Waals surface area contributed by atoms with Gasteiger partial charge < -0.3 is 24.3 Å². The van der Waals surface area contributed by atoms with Crippen LogP contribution in [0.3, 0.4) is 0 Å². The van der Waals surface area contributed by atoms with E-state index in [4.69, 9.17) is 9.47 Å². The summed E-state index contributed by atoms with van der Waals surface area (Å²) in [6, 6.07) is 7.98. The Labute approximate surface area is 160 Å². The number of para-hydroxylation sites is 2. The van der Waals surface area contributed by atoms with Crippen LogP contribution in [0.25, 0.3) is 0 Å². The monoisotopic (exact) mass is 372 g/mol. The van der Waals surface area contributed by atoms with Crippen LogP contribution in [0.15, 0.2) is 36.7 Å². The van der Waals surface area contributed by atoms with Gasteiger partial charge in [-0.05, 0) is 39.8 Å². The number of H-pyrrole nitrogens is 1. The molecule has 1 aromatic heterocycles. The molecule has 0 aliphatic carbocycles. The molecule has 7 nitrogen and oxygen atoms in total. The summed E-state index contributed by atoms with van der Waals surface area (Å²) in [5, 5.41) is 0. The maximum atomic E-state index is 12.3. The van der Waals surface area contributed by atoms with Gasteiger partial charge in [0.25, 0.3) is 0 Å². The van der Waals surface area contributed by atoms with E-state index in [9.17, 15) is 4.79 Å². The number of hydrogen-bond acceptors (Lipinski definition) is 5. The second-order valence-corrected chi connectivity index (χ2v) is 7.66. The number of amides is 1. The second-order valence-electron chi connectivity index (χ2n) is 7.66. The molecule has 1 atom stereocenters. The summed E-state index contributed by atoms with van der Waals surface area (Å²) in [6.07, 6.45) is 3.08. The van der Waals surface area contributed by atoms with Gasteiger partial charge in [0, 0.05) is 38.6 Å². The zero-order valence-electron chi connectivity index (χ0n) is 16.4. The summed E-state index contributed by atoms with van der Waals surface area (Å²) in [5.74, 6) is 1.60. The number of rotatable bonds is 4. The molecule has 7 heteroatoms. The van der Waals surface area contributed by atoms with Gasteiger partial charge in [-0.25, -0.2) is 9.78 Å². The minimum Gasteiger partial charge on any atom is -0.481 e. The fourth-order valence-corrected chi connectivity index (χ4v) is 3.02. The van der Waals surface area contributed by atoms with Crippen molar-refractivity contribution in [3.05, 3.63) is 42.5 Å². The predicted molar refractivity (Wildman–Crippen MR) is 104 cm³/mol. The molecule has 1 unspecified atom stereocenters. The van der Waals surface area contributed by atoms with Crippen LogP contribution in [0.5, 0.6) is 5.75 Å². The number of aromatic nitrogens is 2. The highest BCUT2D eigenvalue weighted by Gasteiger charge is 2.27. The number of benzene rings is 1. The fourth-order valence-electron chi connectivity index (χ4n) is 3.02. The van der Waals surface area contributed by atoms with Crippen LogP contribution in [-0.4, -0.2) is 52.7 Å². The lowest BCUT2D eigenvalue weighted by atomic mass is 10.2. The van der Waals surface area contributed by atoms with Crippen LogP contribution in [0.4, 0.5) is 10.5 Å². The Morgan fingerprint density at radius 2 is 1.89 bits per heavy atom. The zero-order chi connectivity index (χ0) is 19.4. The second kappa shape index (κ2) is 7.90. The van der Waals surface area contributed by atoms with Crippen molar-refractivity contribution in [3.8, 4) is 5.75 Å². The molecule has 2 heterocycles. The lowest BCUT2D eigenvalue weighted by Gasteiger charge is -2.37. The first-order chi connectivity index (χ1) is 12.8. The third-order valence-corrected chi connectivity index (χ3v) is 4.35. The van der Waals surface area contributed by atoms with E-state index in [1.54, 1.807) is 17.3 Å². The highest BCUT2D eigenvalue weighted by atomic mass is 16.6. The van der Waals surface area contributed by atoms with Gasteiger partial charge in [0.05, 0.1) is 5.69 Å². The molecule has 1 saturated heterocycles. The van der Waals surface area contributed by atoms with Gasteiger partial charge in [0.2, 0.25) is 0 Å². The lowest BCUT2D eigenvalue weighted by Crippen LogP contribution is -2.50. The highest BCUT2D eigenvalue weighted by Crippen LogP contribution is 2.32. The molecule has 1 N–H and O–H groups in total. The lowest BCUT2D eigenvalue weighted by molar-refractivity contribution is 0.0240. The standard InChI is InChI=1S/C20H28N4O3/c1-15(18-21-9-10-22-18)26-17-8-6-5-7-16(17)23-11-13-24(14-12-23)19(25)27-20(2,3)4/h5-10,15H,11-14H2,1-4H3,(H,21,22). The van der Waals surface area contributed by atoms with E-state index < -0.39 is 5.60 Å². The molecule has 1 aromatic carbocycles. The van der Waals surface area contributed by atoms with Crippen LogP contribution in [0, 0.1) is 0 Å². The number of hydrogen-bond donors (Lipinski definition) is 1. The zero-order valence-corrected chi connectivity index (χ0v) is 16.4. The molecule has 3 rings (SSSR count). The maximum Gasteiger partial charge on any atom is 0.410 e. The van der Waals surface area contributed by atoms with Gasteiger partial charge >= 0.3 is 6.09 Å². The molecule has 0 saturated carbocycles. The molecule has 2 aromatic rings. The van der Waals surface area contributed by atoms with Gasteiger partial charge in [-0.3, -0.25) is 0 Å². The Hall–Kier alpha value is -2.70. The van der Waals surface area contributed by atoms with Crippen LogP contribution >= 0.6 is 0 Å². The van der Waals surface area contributed by atoms with Crippen LogP contribution in [0.2, 0.25) is 0 Å². The Morgan fingerprint density at radius 1 is 1.19 bits per heavy atom. The Balaban J connectivity index is 1.64. The molecule has 1 fully saturated rings. The molecule has 0 bridgehead atoms. The first kappa shape index (κ1) is 19.1. The average molecular weight is 372 g/mol. The summed E-state index contributed by atoms with van der Waals surface area (Å²) in [7, 11) is 0. The third-order valence-electron chi connectivity index (χ3n) is 4.35. The van der Waals surface area contributed by atoms with Crippen LogP contribution < -0.4 is 9.64 Å². The Morgan fingerprint density at radius 3 is 2.52 bits per heavy atom. The van der Waals surface area contributed by atoms with Crippen molar-refractivity contribution in [1.29, 1.82) is 0 Å². The van der Waals surface area contributed by atoms with E-state index in [1.807, 2.05) is 52.0 Å². The summed E-state index contributed by atoms with van der Waals surface area (Å²) in [5.41, 5.74) is 0.552. The molecule has 1 amide bonds. The van der Waals surface area contributed by atoms with Crippen molar-refractivity contribution in [3.63, 3.8) is 0 Å². The van der Waals surface area contributed by atoms with Crippen molar-refractivity contribution in [1.82, 2.24) is 14.9 Å². The molecule has 1 aliphatic heterocycles. The molecule has 27 heavy (non-hydrogen) atoms. The topological polar surface area (TPSA) is 70.7 Å². The summed E-state index contributed by atoms with van der Waals surface area (Å²) >= 11 is 0. The van der Waals surface area contributed by atoms with Crippen molar-refractivity contribution in [2.24, 2.45) is 0 Å². The first-order valence-corrected chi connectivity index (χ1v) is 9.31. The van der Waals surface area contributed by atoms with Crippen molar-refractivity contribution in [2.45, 2.75) is 39.4 Å². The van der Waals surface area contributed by atoms with Gasteiger partial charge in [0.15, 0.2) is 6.10 Å². The predicted octanol–water partition coefficient (Wildman–Crippen LogP) is 3.61. The van der Waals surface area contributed by atoms with Crippen LogP contribution in [0.1, 0.15) is 39.6 Å². The van der Waals surface area contributed by atoms with Gasteiger partial charge in [-0.15, -0.1) is 0 Å². The molecular weight excluding hydrogens is 344 g/mol. The summed E-state index contributed by atoms with van der Waals surface area (Å²) in [4.78, 5) is 23.6. The van der Waals surface area contributed by atoms with Gasteiger partial charge in [0.1, 0.15) is 17.2 Å². The first-order valence-electron chi connectivity index (χ1n) is 9.31. The summed E-state index contributed by atoms with van der Waals surface area (Å²) < 4.78 is 11.6. The quantitative estimate of drug-likeness (QED) is 0.888. The number of carbonyl (C=O) groups is 1. The van der Waals surface area contributed by atoms with Crippen molar-refractivity contribution >= 4 is 11.8 Å². The van der Waals surface area contributed by atoms with Crippen molar-refractivity contribution in [2.75, 3.05) is 31.1 Å². The smallest absolute Gasteiger partial charge is 0.410 e. The average Bonchev–Trinajstić information content (AvgIpc) is 3.16. The number of aromatic amines is 1. The van der Waals surface area contributed by atoms with Gasteiger partial charge in [-0.2, -0.15) is 0 Å². The summed E-state index contributed by atoms with van der Waals surface area (Å²) in [6.45, 7) is 10.3. The number of ether oxygens (including phenoxy) is 2. The highest BCUT2D eigenvalue weighted by molar-refractivity contribution is 5.69. The Bertz CT molecular complexity index is 747. The van der Waals surface area contributed by atoms with E-state index in [0.29, 0.717) is 13.1 Å². The fraction of sp³-hybridized carbons (Fsp3) is 0.500. The normalized spacial score (nSPS) is 16.1. The van der Waals surface area contributed by atoms with E-state index in [1.165, 1.54) is 0 Å². The number of nitrogens with one attached hydrogen (secondary N) is 1. The number of anilines is 1. The van der Waals surface area contributed by atoms with E-state index in [0.717, 1.165) is 30.4 Å². The number of nitrogens with zero attached hydrogens (tertiary/aromatic N) is 3. The molecular formula is C20H28N4O3. The van der Waals surface area contributed by atoms with E-state index in [-0.39, 0.29) is 12.2 Å². The SMILES string of the molecule is CC(Oc1ccccc1N1CCN(C(=O)OC(C)(C)C)CC1)c1ncc[nH]1. The maximum absolute atomic E-state index is 12.3. The Kier molecular flexibility index (Phi) is 5.58. The van der Waals surface area contributed by atoms with E-state index >= 15 is 0 Å². The number of imidazole rings is 1. The number of piperazine rings is 1. The van der Waals surface area contributed by atoms with Gasteiger partial charge in [-0.1, -0.05) is 12.1 Å².